The number of methoxy groups -OCH3 is 2. The van der Waals surface area contributed by atoms with E-state index < -0.39 is 5.60 Å². The summed E-state index contributed by atoms with van der Waals surface area (Å²) in [7, 11) is 3.28. The lowest BCUT2D eigenvalue weighted by Crippen LogP contribution is -2.37. The first kappa shape index (κ1) is 24.9. The fraction of sp³-hybridized carbons (Fsp3) is 0.500. The molecular formula is C24H31Cl2NO5. The van der Waals surface area contributed by atoms with Crippen LogP contribution in [0.1, 0.15) is 24.8 Å². The van der Waals surface area contributed by atoms with E-state index in [-0.39, 0.29) is 6.61 Å². The third kappa shape index (κ3) is 7.15. The maximum Gasteiger partial charge on any atom is 0.161 e. The molecule has 32 heavy (non-hydrogen) atoms. The average Bonchev–Trinajstić information content (AvgIpc) is 2.97. The summed E-state index contributed by atoms with van der Waals surface area (Å²) in [4.78, 5) is 2.35. The first-order valence-corrected chi connectivity index (χ1v) is 11.5. The quantitative estimate of drug-likeness (QED) is 0.488. The number of hydrogen-bond donors (Lipinski definition) is 1. The number of rotatable bonds is 10. The molecule has 0 unspecified atom stereocenters. The second-order valence-electron chi connectivity index (χ2n) is 8.05. The second-order valence-corrected chi connectivity index (χ2v) is 8.86. The zero-order chi connectivity index (χ0) is 23.0. The zero-order valence-electron chi connectivity index (χ0n) is 18.6. The van der Waals surface area contributed by atoms with E-state index in [1.165, 1.54) is 0 Å². The highest BCUT2D eigenvalue weighted by Gasteiger charge is 2.31. The van der Waals surface area contributed by atoms with Gasteiger partial charge in [-0.25, -0.2) is 0 Å². The summed E-state index contributed by atoms with van der Waals surface area (Å²) >= 11 is 12.0. The minimum absolute atomic E-state index is 0.221. The van der Waals surface area contributed by atoms with Crippen LogP contribution < -0.4 is 14.2 Å². The summed E-state index contributed by atoms with van der Waals surface area (Å²) in [5.74, 6) is 2.02. The van der Waals surface area contributed by atoms with Crippen LogP contribution in [0.2, 0.25) is 10.0 Å². The minimum Gasteiger partial charge on any atom is -0.493 e. The largest absolute Gasteiger partial charge is 0.493 e. The summed E-state index contributed by atoms with van der Waals surface area (Å²) in [5.41, 5.74) is 0.255. The van der Waals surface area contributed by atoms with Gasteiger partial charge in [0.1, 0.15) is 19.0 Å². The standard InChI is InChI=1S/C24H31Cl2NO5/c1-29-12-13-31-23-14-18(4-7-22(23)30-2)16-27-10-3-8-24(28,9-11-27)17-32-19-5-6-20(25)21(26)15-19/h4-7,14-15,28H,3,8-13,16-17H2,1-2H3/t24-/m0/s1. The van der Waals surface area contributed by atoms with Crippen molar-refractivity contribution >= 4 is 23.2 Å². The molecule has 0 aromatic heterocycles. The van der Waals surface area contributed by atoms with E-state index in [1.807, 2.05) is 18.2 Å². The molecule has 0 saturated carbocycles. The van der Waals surface area contributed by atoms with Gasteiger partial charge in [-0.2, -0.15) is 0 Å². The molecule has 0 radical (unpaired) electrons. The van der Waals surface area contributed by atoms with E-state index in [2.05, 4.69) is 4.90 Å². The molecule has 0 spiro atoms. The van der Waals surface area contributed by atoms with Gasteiger partial charge < -0.3 is 24.1 Å². The third-order valence-electron chi connectivity index (χ3n) is 5.59. The predicted molar refractivity (Wildman–Crippen MR) is 126 cm³/mol. The summed E-state index contributed by atoms with van der Waals surface area (Å²) in [6.45, 7) is 3.65. The minimum atomic E-state index is -0.880. The molecule has 8 heteroatoms. The average molecular weight is 484 g/mol. The van der Waals surface area contributed by atoms with Crippen LogP contribution in [0.3, 0.4) is 0 Å². The van der Waals surface area contributed by atoms with Gasteiger partial charge in [-0.1, -0.05) is 29.3 Å². The Morgan fingerprint density at radius 2 is 1.78 bits per heavy atom. The van der Waals surface area contributed by atoms with Crippen LogP contribution in [0.4, 0.5) is 0 Å². The number of likely N-dealkylation sites (tertiary alicyclic amines) is 1. The van der Waals surface area contributed by atoms with E-state index in [0.717, 1.165) is 31.6 Å². The number of aliphatic hydroxyl groups is 1. The Kier molecular flexibility index (Phi) is 9.32. The van der Waals surface area contributed by atoms with Crippen molar-refractivity contribution in [1.29, 1.82) is 0 Å². The van der Waals surface area contributed by atoms with Crippen molar-refractivity contribution < 1.29 is 24.1 Å². The van der Waals surface area contributed by atoms with Crippen molar-refractivity contribution in [2.24, 2.45) is 0 Å². The Morgan fingerprint density at radius 3 is 2.53 bits per heavy atom. The molecule has 0 bridgehead atoms. The molecular weight excluding hydrogens is 453 g/mol. The zero-order valence-corrected chi connectivity index (χ0v) is 20.1. The summed E-state index contributed by atoms with van der Waals surface area (Å²) in [5, 5.41) is 12.0. The number of ether oxygens (including phenoxy) is 4. The van der Waals surface area contributed by atoms with Crippen LogP contribution in [0.5, 0.6) is 17.2 Å². The normalized spacial score (nSPS) is 19.4. The highest BCUT2D eigenvalue weighted by molar-refractivity contribution is 6.42. The van der Waals surface area contributed by atoms with Crippen molar-refractivity contribution in [3.05, 3.63) is 52.0 Å². The van der Waals surface area contributed by atoms with Gasteiger partial charge >= 0.3 is 0 Å². The van der Waals surface area contributed by atoms with Crippen LogP contribution >= 0.6 is 23.2 Å². The molecule has 6 nitrogen and oxygen atoms in total. The van der Waals surface area contributed by atoms with Crippen LogP contribution in [-0.2, 0) is 11.3 Å². The Labute approximate surface area is 199 Å². The van der Waals surface area contributed by atoms with E-state index in [4.69, 9.17) is 42.1 Å². The fourth-order valence-electron chi connectivity index (χ4n) is 3.75. The number of halogens is 2. The first-order valence-electron chi connectivity index (χ1n) is 10.7. The monoisotopic (exact) mass is 483 g/mol. The summed E-state index contributed by atoms with van der Waals surface area (Å²) in [6, 6.07) is 11.1. The topological polar surface area (TPSA) is 60.4 Å². The maximum absolute atomic E-state index is 11.1. The van der Waals surface area contributed by atoms with Crippen molar-refractivity contribution in [2.45, 2.75) is 31.4 Å². The number of benzene rings is 2. The van der Waals surface area contributed by atoms with Gasteiger partial charge in [0.05, 0.1) is 29.4 Å². The Hall–Kier alpha value is -1.70. The second kappa shape index (κ2) is 12.0. The van der Waals surface area contributed by atoms with Gasteiger partial charge in [-0.15, -0.1) is 0 Å². The third-order valence-corrected chi connectivity index (χ3v) is 6.33. The van der Waals surface area contributed by atoms with E-state index in [9.17, 15) is 5.11 Å². The van der Waals surface area contributed by atoms with Crippen LogP contribution in [0, 0.1) is 0 Å². The summed E-state index contributed by atoms with van der Waals surface area (Å²) in [6.07, 6.45) is 2.19. The lowest BCUT2D eigenvalue weighted by atomic mass is 9.96. The molecule has 1 heterocycles. The molecule has 2 aromatic carbocycles. The van der Waals surface area contributed by atoms with Gasteiger partial charge in [-0.05, 0) is 55.6 Å². The Balaban J connectivity index is 1.56. The van der Waals surface area contributed by atoms with Crippen molar-refractivity contribution in [3.8, 4) is 17.2 Å². The molecule has 2 aromatic rings. The van der Waals surface area contributed by atoms with Gasteiger partial charge in [0.15, 0.2) is 11.5 Å². The van der Waals surface area contributed by atoms with Crippen molar-refractivity contribution in [1.82, 2.24) is 4.90 Å². The molecule has 3 rings (SSSR count). The van der Waals surface area contributed by atoms with E-state index in [1.54, 1.807) is 32.4 Å². The number of nitrogens with zero attached hydrogens (tertiary/aromatic N) is 1. The molecule has 1 fully saturated rings. The summed E-state index contributed by atoms with van der Waals surface area (Å²) < 4.78 is 22.1. The molecule has 1 N–H and O–H groups in total. The lowest BCUT2D eigenvalue weighted by Gasteiger charge is -2.27. The van der Waals surface area contributed by atoms with Gasteiger partial charge in [0.25, 0.3) is 0 Å². The highest BCUT2D eigenvalue weighted by atomic mass is 35.5. The van der Waals surface area contributed by atoms with Crippen molar-refractivity contribution in [2.75, 3.05) is 47.1 Å². The molecule has 176 valence electrons. The van der Waals surface area contributed by atoms with Gasteiger partial charge in [0, 0.05) is 26.3 Å². The molecule has 1 saturated heterocycles. The van der Waals surface area contributed by atoms with E-state index >= 15 is 0 Å². The van der Waals surface area contributed by atoms with Crippen LogP contribution in [0.25, 0.3) is 0 Å². The SMILES string of the molecule is COCCOc1cc(CN2CCC[C@@](O)(COc3ccc(Cl)c(Cl)c3)CC2)ccc1OC. The Bertz CT molecular complexity index is 881. The molecule has 1 atom stereocenters. The van der Waals surface area contributed by atoms with Crippen LogP contribution in [0.15, 0.2) is 36.4 Å². The fourth-order valence-corrected chi connectivity index (χ4v) is 4.04. The molecule has 1 aliphatic rings. The highest BCUT2D eigenvalue weighted by Crippen LogP contribution is 2.31. The first-order chi connectivity index (χ1) is 15.4. The Morgan fingerprint density at radius 1 is 0.938 bits per heavy atom. The van der Waals surface area contributed by atoms with Crippen molar-refractivity contribution in [3.63, 3.8) is 0 Å². The van der Waals surface area contributed by atoms with Gasteiger partial charge in [0.2, 0.25) is 0 Å². The molecule has 0 aliphatic carbocycles. The number of hydrogen-bond acceptors (Lipinski definition) is 6. The maximum atomic E-state index is 11.1. The van der Waals surface area contributed by atoms with Gasteiger partial charge in [-0.3, -0.25) is 4.90 Å². The lowest BCUT2D eigenvalue weighted by molar-refractivity contribution is -0.0168. The van der Waals surface area contributed by atoms with Crippen LogP contribution in [-0.4, -0.2) is 62.7 Å². The molecule has 1 aliphatic heterocycles. The smallest absolute Gasteiger partial charge is 0.161 e. The van der Waals surface area contributed by atoms with E-state index in [0.29, 0.717) is 53.3 Å². The predicted octanol–water partition coefficient (Wildman–Crippen LogP) is 4.82. The molecule has 0 amide bonds.